The summed E-state index contributed by atoms with van der Waals surface area (Å²) in [5.41, 5.74) is -0.0590. The van der Waals surface area contributed by atoms with Crippen LogP contribution in [0.1, 0.15) is 21.5 Å². The summed E-state index contributed by atoms with van der Waals surface area (Å²) in [6, 6.07) is 15.8. The van der Waals surface area contributed by atoms with Crippen molar-refractivity contribution in [2.45, 2.75) is 0 Å². The third kappa shape index (κ3) is 5.53. The summed E-state index contributed by atoms with van der Waals surface area (Å²) in [7, 11) is 1.34. The van der Waals surface area contributed by atoms with Gasteiger partial charge in [-0.1, -0.05) is 29.8 Å². The number of benzene rings is 3. The molecule has 0 heterocycles. The number of halogens is 1. The van der Waals surface area contributed by atoms with Crippen LogP contribution in [0, 0.1) is 31.6 Å². The second-order valence-corrected chi connectivity index (χ2v) is 7.17. The predicted octanol–water partition coefficient (Wildman–Crippen LogP) is 5.45. The maximum Gasteiger partial charge on any atom is 0.344 e. The number of non-ortho nitro benzene ring substituents is 2. The zero-order chi connectivity index (χ0) is 24.8. The number of nitro groups is 2. The molecule has 0 N–H and O–H groups in total. The second-order valence-electron chi connectivity index (χ2n) is 6.73. The van der Waals surface area contributed by atoms with E-state index in [1.807, 2.05) is 0 Å². The van der Waals surface area contributed by atoms with Gasteiger partial charge in [0.25, 0.3) is 11.4 Å². The lowest BCUT2D eigenvalue weighted by Crippen LogP contribution is -2.10. The Morgan fingerprint density at radius 1 is 0.941 bits per heavy atom. The van der Waals surface area contributed by atoms with Gasteiger partial charge in [0, 0.05) is 17.2 Å². The van der Waals surface area contributed by atoms with E-state index in [-0.39, 0.29) is 17.1 Å². The normalized spacial score (nSPS) is 10.8. The second kappa shape index (κ2) is 10.2. The van der Waals surface area contributed by atoms with Crippen molar-refractivity contribution in [2.75, 3.05) is 7.11 Å². The SMILES string of the molecule is COc1cc(C=C(C#N)c2ccc(Cl)cc2)ccc1OC(=O)c1cc([N+](=O)[O-])cc([N+](=O)[O-])c1. The monoisotopic (exact) mass is 479 g/mol. The summed E-state index contributed by atoms with van der Waals surface area (Å²) in [6.45, 7) is 0. The van der Waals surface area contributed by atoms with Crippen LogP contribution >= 0.6 is 11.6 Å². The first-order chi connectivity index (χ1) is 16.2. The molecule has 0 atom stereocenters. The number of esters is 1. The van der Waals surface area contributed by atoms with E-state index in [1.54, 1.807) is 36.4 Å². The molecule has 0 aliphatic carbocycles. The van der Waals surface area contributed by atoms with Gasteiger partial charge in [0.2, 0.25) is 0 Å². The van der Waals surface area contributed by atoms with E-state index in [1.165, 1.54) is 19.2 Å². The van der Waals surface area contributed by atoms with E-state index in [0.717, 1.165) is 18.2 Å². The van der Waals surface area contributed by atoms with Gasteiger partial charge in [0.05, 0.1) is 40.2 Å². The topological polar surface area (TPSA) is 146 Å². The maximum absolute atomic E-state index is 12.6. The molecule has 0 aliphatic rings. The first-order valence-corrected chi connectivity index (χ1v) is 9.81. The Bertz CT molecular complexity index is 1330. The molecule has 0 aliphatic heterocycles. The van der Waals surface area contributed by atoms with E-state index < -0.39 is 27.2 Å². The summed E-state index contributed by atoms with van der Waals surface area (Å²) in [5, 5.41) is 32.2. The zero-order valence-electron chi connectivity index (χ0n) is 17.4. The first-order valence-electron chi connectivity index (χ1n) is 9.43. The minimum Gasteiger partial charge on any atom is -0.493 e. The molecule has 0 saturated carbocycles. The van der Waals surface area contributed by atoms with Crippen LogP contribution in [-0.4, -0.2) is 22.9 Å². The summed E-state index contributed by atoms with van der Waals surface area (Å²) in [6.07, 6.45) is 1.60. The predicted molar refractivity (Wildman–Crippen MR) is 123 cm³/mol. The van der Waals surface area contributed by atoms with E-state index in [2.05, 4.69) is 6.07 Å². The lowest BCUT2D eigenvalue weighted by Gasteiger charge is -2.10. The maximum atomic E-state index is 12.6. The highest BCUT2D eigenvalue weighted by Crippen LogP contribution is 2.31. The zero-order valence-corrected chi connectivity index (χ0v) is 18.2. The van der Waals surface area contributed by atoms with E-state index in [0.29, 0.717) is 21.7 Å². The van der Waals surface area contributed by atoms with Crippen LogP contribution in [0.15, 0.2) is 60.7 Å². The summed E-state index contributed by atoms with van der Waals surface area (Å²) in [5.74, 6) is -0.938. The third-order valence-electron chi connectivity index (χ3n) is 4.54. The van der Waals surface area contributed by atoms with Crippen molar-refractivity contribution in [2.24, 2.45) is 0 Å². The van der Waals surface area contributed by atoms with E-state index in [9.17, 15) is 30.3 Å². The number of nitriles is 1. The van der Waals surface area contributed by atoms with Crippen LogP contribution in [0.2, 0.25) is 5.02 Å². The minimum atomic E-state index is -1.05. The van der Waals surface area contributed by atoms with Crippen molar-refractivity contribution in [1.29, 1.82) is 5.26 Å². The van der Waals surface area contributed by atoms with Gasteiger partial charge < -0.3 is 9.47 Å². The van der Waals surface area contributed by atoms with Crippen molar-refractivity contribution in [3.63, 3.8) is 0 Å². The standard InChI is InChI=1S/C23H14ClN3O7/c1-33-22-9-14(8-17(13-25)15-3-5-18(24)6-4-15)2-7-21(22)34-23(28)16-10-19(26(29)30)12-20(11-16)27(31)32/h2-12H,1H3. The highest BCUT2D eigenvalue weighted by Gasteiger charge is 2.22. The van der Waals surface area contributed by atoms with Crippen molar-refractivity contribution in [3.8, 4) is 17.6 Å². The van der Waals surface area contributed by atoms with Crippen LogP contribution in [0.25, 0.3) is 11.6 Å². The lowest BCUT2D eigenvalue weighted by atomic mass is 10.0. The van der Waals surface area contributed by atoms with Crippen LogP contribution < -0.4 is 9.47 Å². The van der Waals surface area contributed by atoms with E-state index in [4.69, 9.17) is 21.1 Å². The van der Waals surface area contributed by atoms with E-state index >= 15 is 0 Å². The number of hydrogen-bond acceptors (Lipinski definition) is 8. The number of carbonyl (C=O) groups is 1. The summed E-state index contributed by atoms with van der Waals surface area (Å²) in [4.78, 5) is 33.0. The molecule has 11 heteroatoms. The highest BCUT2D eigenvalue weighted by molar-refractivity contribution is 6.30. The molecule has 170 valence electrons. The van der Waals surface area contributed by atoms with Gasteiger partial charge in [-0.3, -0.25) is 20.2 Å². The molecule has 0 bridgehead atoms. The molecule has 3 aromatic carbocycles. The number of hydrogen-bond donors (Lipinski definition) is 0. The molecule has 10 nitrogen and oxygen atoms in total. The van der Waals surface area contributed by atoms with Crippen molar-refractivity contribution in [1.82, 2.24) is 0 Å². The molecular formula is C23H14ClN3O7. The molecule has 3 aromatic rings. The molecule has 0 aromatic heterocycles. The number of allylic oxidation sites excluding steroid dienone is 1. The number of rotatable bonds is 7. The Morgan fingerprint density at radius 2 is 1.56 bits per heavy atom. The van der Waals surface area contributed by atoms with Crippen molar-refractivity contribution < 1.29 is 24.1 Å². The van der Waals surface area contributed by atoms with Crippen molar-refractivity contribution >= 4 is 40.6 Å². The first kappa shape index (κ1) is 23.9. The van der Waals surface area contributed by atoms with Gasteiger partial charge in [-0.25, -0.2) is 4.79 Å². The minimum absolute atomic E-state index is 0.0243. The summed E-state index contributed by atoms with van der Waals surface area (Å²) >= 11 is 5.88. The largest absolute Gasteiger partial charge is 0.493 e. The quantitative estimate of drug-likeness (QED) is 0.108. The molecule has 0 fully saturated rings. The number of ether oxygens (including phenoxy) is 2. The third-order valence-corrected chi connectivity index (χ3v) is 4.79. The smallest absolute Gasteiger partial charge is 0.344 e. The van der Waals surface area contributed by atoms with Crippen LogP contribution in [0.3, 0.4) is 0 Å². The Morgan fingerprint density at radius 3 is 2.09 bits per heavy atom. The van der Waals surface area contributed by atoms with Gasteiger partial charge in [-0.2, -0.15) is 5.26 Å². The Hall–Kier alpha value is -4.75. The van der Waals surface area contributed by atoms with Gasteiger partial charge in [0.15, 0.2) is 11.5 Å². The number of nitro benzene ring substituents is 2. The molecule has 34 heavy (non-hydrogen) atoms. The molecule has 0 unspecified atom stereocenters. The van der Waals surface area contributed by atoms with Crippen LogP contribution in [-0.2, 0) is 0 Å². The molecule has 0 radical (unpaired) electrons. The van der Waals surface area contributed by atoms with Crippen molar-refractivity contribution in [3.05, 3.63) is 103 Å². The average Bonchev–Trinajstić information content (AvgIpc) is 2.83. The fraction of sp³-hybridized carbons (Fsp3) is 0.0435. The molecular weight excluding hydrogens is 466 g/mol. The van der Waals surface area contributed by atoms with Gasteiger partial charge in [-0.05, 0) is 41.5 Å². The Balaban J connectivity index is 1.91. The fourth-order valence-electron chi connectivity index (χ4n) is 2.92. The van der Waals surface area contributed by atoms with Gasteiger partial charge in [-0.15, -0.1) is 0 Å². The highest BCUT2D eigenvalue weighted by atomic mass is 35.5. The van der Waals surface area contributed by atoms with Gasteiger partial charge >= 0.3 is 5.97 Å². The number of carbonyl (C=O) groups excluding carboxylic acids is 1. The molecule has 0 spiro atoms. The van der Waals surface area contributed by atoms with Gasteiger partial charge in [0.1, 0.15) is 0 Å². The molecule has 0 saturated heterocycles. The summed E-state index contributed by atoms with van der Waals surface area (Å²) < 4.78 is 10.5. The average molecular weight is 480 g/mol. The van der Waals surface area contributed by atoms with Crippen LogP contribution in [0.5, 0.6) is 11.5 Å². The number of methoxy groups -OCH3 is 1. The Labute approximate surface area is 197 Å². The number of nitrogens with zero attached hydrogens (tertiary/aromatic N) is 3. The molecule has 3 rings (SSSR count). The molecule has 0 amide bonds. The lowest BCUT2D eigenvalue weighted by molar-refractivity contribution is -0.394. The Kier molecular flexibility index (Phi) is 7.20. The fourth-order valence-corrected chi connectivity index (χ4v) is 3.04. The van der Waals surface area contributed by atoms with Crippen LogP contribution in [0.4, 0.5) is 11.4 Å².